The van der Waals surface area contributed by atoms with Gasteiger partial charge in [-0.2, -0.15) is 9.89 Å². The third-order valence-corrected chi connectivity index (χ3v) is 9.71. The van der Waals surface area contributed by atoms with Crippen molar-refractivity contribution in [2.24, 2.45) is 0 Å². The molecule has 254 valence electrons. The molecule has 3 aromatic carbocycles. The maximum absolute atomic E-state index is 13.0. The van der Waals surface area contributed by atoms with E-state index in [9.17, 15) is 14.7 Å². The monoisotopic (exact) mass is 718 g/mol. The van der Waals surface area contributed by atoms with Crippen LogP contribution in [-0.2, 0) is 27.2 Å². The molecule has 0 atom stereocenters. The van der Waals surface area contributed by atoms with Gasteiger partial charge >= 0.3 is 12.0 Å². The Bertz CT molecular complexity index is 2150. The minimum Gasteiger partial charge on any atom is -0.506 e. The number of amides is 2. The zero-order chi connectivity index (χ0) is 34.7. The Balaban J connectivity index is 1.11. The highest BCUT2D eigenvalue weighted by atomic mass is 35.5. The number of rotatable bonds is 11. The van der Waals surface area contributed by atoms with Crippen LogP contribution < -0.4 is 15.5 Å². The summed E-state index contributed by atoms with van der Waals surface area (Å²) in [5.74, 6) is 1.91. The van der Waals surface area contributed by atoms with E-state index >= 15 is 0 Å². The van der Waals surface area contributed by atoms with Crippen LogP contribution in [0.2, 0.25) is 5.02 Å². The number of carbonyl (C=O) groups is 2. The van der Waals surface area contributed by atoms with Gasteiger partial charge in [0, 0.05) is 46.7 Å². The number of ether oxygens (including phenoxy) is 2. The molecule has 3 aromatic heterocycles. The first-order valence-electron chi connectivity index (χ1n) is 15.5. The number of thioether (sulfide) groups is 1. The van der Waals surface area contributed by atoms with Crippen molar-refractivity contribution in [1.29, 1.82) is 0 Å². The highest BCUT2D eigenvalue weighted by Crippen LogP contribution is 2.39. The number of halogens is 1. The summed E-state index contributed by atoms with van der Waals surface area (Å²) in [6, 6.07) is 18.0. The number of aromatic hydroxyl groups is 1. The van der Waals surface area contributed by atoms with Gasteiger partial charge in [0.15, 0.2) is 4.96 Å². The number of thiazole rings is 1. The molecule has 2 amide bonds. The third kappa shape index (κ3) is 7.79. The highest BCUT2D eigenvalue weighted by Gasteiger charge is 2.26. The van der Waals surface area contributed by atoms with E-state index in [-0.39, 0.29) is 28.7 Å². The summed E-state index contributed by atoms with van der Waals surface area (Å²) < 4.78 is 14.3. The summed E-state index contributed by atoms with van der Waals surface area (Å²) in [5.41, 5.74) is 6.93. The summed E-state index contributed by atoms with van der Waals surface area (Å²) in [5, 5.41) is 18.3. The zero-order valence-electron chi connectivity index (χ0n) is 27.3. The SMILES string of the molecule is CCOC(=O)CSCc1cn2c(n1)sc1cc(Oc3ccccc3CNC(=O)Nn3cc(-c4cccc(Cl)c4O)c(C(C)(C)C)n3)ccc12. The van der Waals surface area contributed by atoms with Crippen LogP contribution in [-0.4, -0.2) is 48.7 Å². The Morgan fingerprint density at radius 3 is 2.67 bits per heavy atom. The predicted molar refractivity (Wildman–Crippen MR) is 195 cm³/mol. The van der Waals surface area contributed by atoms with Crippen LogP contribution >= 0.6 is 34.7 Å². The minimum atomic E-state index is -0.471. The molecule has 0 aliphatic carbocycles. The number of phenols is 1. The van der Waals surface area contributed by atoms with Gasteiger partial charge in [-0.1, -0.05) is 74.0 Å². The van der Waals surface area contributed by atoms with Crippen molar-refractivity contribution in [3.05, 3.63) is 95.0 Å². The van der Waals surface area contributed by atoms with E-state index in [1.54, 1.807) is 42.7 Å². The number of benzene rings is 3. The lowest BCUT2D eigenvalue weighted by Crippen LogP contribution is -2.34. The highest BCUT2D eigenvalue weighted by molar-refractivity contribution is 7.99. The largest absolute Gasteiger partial charge is 0.506 e. The number of nitrogens with one attached hydrogen (secondary N) is 2. The van der Waals surface area contributed by atoms with E-state index < -0.39 is 6.03 Å². The van der Waals surface area contributed by atoms with E-state index in [0.717, 1.165) is 26.4 Å². The van der Waals surface area contributed by atoms with Gasteiger partial charge in [0.25, 0.3) is 0 Å². The van der Waals surface area contributed by atoms with Gasteiger partial charge in [0.05, 0.1) is 45.2 Å². The molecule has 11 nitrogen and oxygen atoms in total. The number of urea groups is 1. The fourth-order valence-electron chi connectivity index (χ4n) is 5.21. The van der Waals surface area contributed by atoms with Gasteiger partial charge in [-0.05, 0) is 31.2 Å². The first kappa shape index (κ1) is 34.2. The second kappa shape index (κ2) is 14.4. The summed E-state index contributed by atoms with van der Waals surface area (Å²) >= 11 is 9.21. The fourth-order valence-corrected chi connectivity index (χ4v) is 7.14. The van der Waals surface area contributed by atoms with Gasteiger partial charge < -0.3 is 19.9 Å². The molecule has 0 bridgehead atoms. The Morgan fingerprint density at radius 2 is 1.88 bits per heavy atom. The van der Waals surface area contributed by atoms with Crippen molar-refractivity contribution >= 4 is 61.9 Å². The number of hydrogen-bond acceptors (Lipinski definition) is 9. The molecule has 0 fully saturated rings. The van der Waals surface area contributed by atoms with Gasteiger partial charge in [-0.15, -0.1) is 11.8 Å². The summed E-state index contributed by atoms with van der Waals surface area (Å²) in [4.78, 5) is 31.6. The van der Waals surface area contributed by atoms with E-state index in [0.29, 0.717) is 46.4 Å². The average Bonchev–Trinajstić information content (AvgIpc) is 3.75. The summed E-state index contributed by atoms with van der Waals surface area (Å²) in [7, 11) is 0. The van der Waals surface area contributed by atoms with Crippen molar-refractivity contribution in [2.75, 3.05) is 17.8 Å². The molecule has 49 heavy (non-hydrogen) atoms. The normalized spacial score (nSPS) is 11.6. The van der Waals surface area contributed by atoms with E-state index in [1.807, 2.05) is 73.8 Å². The molecule has 3 heterocycles. The lowest BCUT2D eigenvalue weighted by atomic mass is 9.87. The Kier molecular flexibility index (Phi) is 10.0. The van der Waals surface area contributed by atoms with Crippen molar-refractivity contribution < 1.29 is 24.2 Å². The number of phenolic OH excluding ortho intramolecular Hbond substituents is 1. The van der Waals surface area contributed by atoms with Gasteiger partial charge in [0.2, 0.25) is 0 Å². The Hall–Kier alpha value is -4.72. The van der Waals surface area contributed by atoms with Crippen molar-refractivity contribution in [3.8, 4) is 28.4 Å². The Morgan fingerprint density at radius 1 is 1.06 bits per heavy atom. The van der Waals surface area contributed by atoms with Gasteiger partial charge in [0.1, 0.15) is 17.2 Å². The third-order valence-electron chi connectivity index (χ3n) is 7.45. The molecule has 0 saturated carbocycles. The molecular weight excluding hydrogens is 684 g/mol. The van der Waals surface area contributed by atoms with Crippen LogP contribution in [0.4, 0.5) is 4.79 Å². The van der Waals surface area contributed by atoms with Crippen LogP contribution in [0.15, 0.2) is 73.1 Å². The molecule has 0 unspecified atom stereocenters. The van der Waals surface area contributed by atoms with E-state index in [2.05, 4.69) is 15.8 Å². The second-order valence-electron chi connectivity index (χ2n) is 12.1. The predicted octanol–water partition coefficient (Wildman–Crippen LogP) is 8.11. The molecule has 0 radical (unpaired) electrons. The number of carbonyl (C=O) groups excluding carboxylic acids is 2. The van der Waals surface area contributed by atoms with Crippen molar-refractivity contribution in [2.45, 2.75) is 45.4 Å². The van der Waals surface area contributed by atoms with Crippen LogP contribution in [0.3, 0.4) is 0 Å². The number of aromatic nitrogens is 4. The van der Waals surface area contributed by atoms with Crippen molar-refractivity contribution in [3.63, 3.8) is 0 Å². The number of fused-ring (bicyclic) bond motifs is 3. The summed E-state index contributed by atoms with van der Waals surface area (Å²) in [6.07, 6.45) is 3.65. The molecule has 6 rings (SSSR count). The molecule has 14 heteroatoms. The number of esters is 1. The average molecular weight is 719 g/mol. The van der Waals surface area contributed by atoms with E-state index in [4.69, 9.17) is 26.1 Å². The standard InChI is InChI=1S/C35H35ClN6O5S2/c1-5-46-30(43)20-48-19-22-17-41-27-14-13-23(15-29(27)49-34(41)38-22)47-28-12-7-6-9-21(28)16-37-33(45)40-42-18-25(32(39-42)35(2,3)4)24-10-8-11-26(36)31(24)44/h6-15,17-18,44H,5,16,19-20H2,1-4H3,(H2,37,40,45). The lowest BCUT2D eigenvalue weighted by Gasteiger charge is -2.18. The zero-order valence-corrected chi connectivity index (χ0v) is 29.7. The fraction of sp³-hybridized carbons (Fsp3) is 0.257. The number of para-hydroxylation sites is 2. The van der Waals surface area contributed by atoms with E-state index in [1.165, 1.54) is 16.6 Å². The van der Waals surface area contributed by atoms with Crippen molar-refractivity contribution in [1.82, 2.24) is 24.6 Å². The number of nitrogens with zero attached hydrogens (tertiary/aromatic N) is 4. The molecule has 0 spiro atoms. The van der Waals surface area contributed by atoms with Crippen LogP contribution in [0.1, 0.15) is 44.6 Å². The second-order valence-corrected chi connectivity index (χ2v) is 14.5. The maximum atomic E-state index is 13.0. The Labute approximate surface area is 296 Å². The molecule has 3 N–H and O–H groups in total. The first-order chi connectivity index (χ1) is 23.5. The smallest absolute Gasteiger partial charge is 0.335 e. The molecule has 0 aliphatic heterocycles. The minimum absolute atomic E-state index is 0.0454. The maximum Gasteiger partial charge on any atom is 0.335 e. The molecular formula is C35H35ClN6O5S2. The topological polar surface area (TPSA) is 132 Å². The molecule has 6 aromatic rings. The number of hydrogen-bond donors (Lipinski definition) is 3. The van der Waals surface area contributed by atoms with Crippen LogP contribution in [0.5, 0.6) is 17.2 Å². The summed E-state index contributed by atoms with van der Waals surface area (Å²) in [6.45, 7) is 8.38. The molecule has 0 aliphatic rings. The lowest BCUT2D eigenvalue weighted by molar-refractivity contribution is -0.139. The van der Waals surface area contributed by atoms with Gasteiger partial charge in [-0.3, -0.25) is 9.20 Å². The van der Waals surface area contributed by atoms with Crippen LogP contribution in [0, 0.1) is 0 Å². The molecule has 0 saturated heterocycles. The first-order valence-corrected chi connectivity index (χ1v) is 17.9. The van der Waals surface area contributed by atoms with Gasteiger partial charge in [-0.25, -0.2) is 15.2 Å². The quantitative estimate of drug-likeness (QED) is 0.115. The van der Waals surface area contributed by atoms with Crippen LogP contribution in [0.25, 0.3) is 26.3 Å². The number of imidazole rings is 1.